The van der Waals surface area contributed by atoms with Gasteiger partial charge in [0.25, 0.3) is 5.91 Å². The predicted molar refractivity (Wildman–Crippen MR) is 60.2 cm³/mol. The lowest BCUT2D eigenvalue weighted by Crippen LogP contribution is -2.14. The van der Waals surface area contributed by atoms with Crippen molar-refractivity contribution < 1.29 is 9.18 Å². The van der Waals surface area contributed by atoms with Crippen LogP contribution in [0.4, 0.5) is 10.1 Å². The lowest BCUT2D eigenvalue weighted by atomic mass is 10.2. The van der Waals surface area contributed by atoms with Crippen LogP contribution in [0.5, 0.6) is 0 Å². The third kappa shape index (κ3) is 2.15. The van der Waals surface area contributed by atoms with Gasteiger partial charge in [-0.1, -0.05) is 0 Å². The maximum atomic E-state index is 13.3. The number of H-pyrrole nitrogens is 1. The molecule has 1 amide bonds. The van der Waals surface area contributed by atoms with E-state index in [1.807, 2.05) is 0 Å². The van der Waals surface area contributed by atoms with Crippen LogP contribution in [0, 0.1) is 19.7 Å². The Balaban J connectivity index is 2.27. The zero-order valence-electron chi connectivity index (χ0n) is 9.41. The van der Waals surface area contributed by atoms with Crippen LogP contribution in [-0.2, 0) is 0 Å². The molecule has 0 fully saturated rings. The second kappa shape index (κ2) is 4.32. The van der Waals surface area contributed by atoms with Gasteiger partial charge in [0.15, 0.2) is 5.82 Å². The number of pyridine rings is 1. The summed E-state index contributed by atoms with van der Waals surface area (Å²) in [6, 6.07) is 1.33. The maximum Gasteiger partial charge on any atom is 0.258 e. The molecule has 88 valence electrons. The van der Waals surface area contributed by atoms with Gasteiger partial charge in [-0.05, 0) is 19.9 Å². The molecule has 17 heavy (non-hydrogen) atoms. The van der Waals surface area contributed by atoms with Crippen molar-refractivity contribution in [2.75, 3.05) is 5.32 Å². The number of hydrogen-bond donors (Lipinski definition) is 2. The fourth-order valence-corrected chi connectivity index (χ4v) is 1.48. The van der Waals surface area contributed by atoms with Crippen molar-refractivity contribution in [2.24, 2.45) is 0 Å². The summed E-state index contributed by atoms with van der Waals surface area (Å²) in [6.07, 6.45) is 2.37. The summed E-state index contributed by atoms with van der Waals surface area (Å²) in [7, 11) is 0. The molecule has 2 aromatic rings. The number of anilines is 1. The van der Waals surface area contributed by atoms with Crippen LogP contribution in [0.2, 0.25) is 0 Å². The van der Waals surface area contributed by atoms with Crippen LogP contribution >= 0.6 is 0 Å². The minimum Gasteiger partial charge on any atom is -0.319 e. The van der Waals surface area contributed by atoms with E-state index in [4.69, 9.17) is 0 Å². The third-order valence-corrected chi connectivity index (χ3v) is 2.38. The summed E-state index contributed by atoms with van der Waals surface area (Å²) in [5.41, 5.74) is 1.92. The molecule has 6 heteroatoms. The maximum absolute atomic E-state index is 13.3. The van der Waals surface area contributed by atoms with E-state index in [-0.39, 0.29) is 5.56 Å². The molecule has 0 saturated heterocycles. The van der Waals surface area contributed by atoms with Gasteiger partial charge in [-0.3, -0.25) is 14.9 Å². The van der Waals surface area contributed by atoms with E-state index in [1.54, 1.807) is 13.8 Å². The number of carbonyl (C=O) groups is 1. The van der Waals surface area contributed by atoms with Crippen LogP contribution in [0.3, 0.4) is 0 Å². The number of rotatable bonds is 2. The van der Waals surface area contributed by atoms with Gasteiger partial charge in [-0.25, -0.2) is 4.39 Å². The summed E-state index contributed by atoms with van der Waals surface area (Å²) in [5.74, 6) is -1.17. The number of nitrogens with one attached hydrogen (secondary N) is 2. The second-order valence-electron chi connectivity index (χ2n) is 3.62. The van der Waals surface area contributed by atoms with Gasteiger partial charge < -0.3 is 5.32 Å². The van der Waals surface area contributed by atoms with Crippen LogP contribution in [0.1, 0.15) is 21.7 Å². The molecule has 0 aromatic carbocycles. The van der Waals surface area contributed by atoms with Gasteiger partial charge in [0, 0.05) is 6.20 Å². The molecule has 0 atom stereocenters. The van der Waals surface area contributed by atoms with E-state index in [9.17, 15) is 9.18 Å². The Morgan fingerprint density at radius 3 is 2.82 bits per heavy atom. The first-order valence-corrected chi connectivity index (χ1v) is 5.02. The molecule has 0 aliphatic rings. The van der Waals surface area contributed by atoms with Crippen molar-refractivity contribution in [1.29, 1.82) is 0 Å². The Kier molecular flexibility index (Phi) is 2.86. The minimum absolute atomic E-state index is 0.0417. The molecule has 2 aromatic heterocycles. The van der Waals surface area contributed by atoms with Gasteiger partial charge in [-0.2, -0.15) is 5.10 Å². The monoisotopic (exact) mass is 234 g/mol. The molecule has 0 aliphatic carbocycles. The van der Waals surface area contributed by atoms with E-state index in [0.29, 0.717) is 11.4 Å². The molecule has 2 N–H and O–H groups in total. The molecule has 0 saturated carbocycles. The van der Waals surface area contributed by atoms with E-state index in [0.717, 1.165) is 11.9 Å². The summed E-state index contributed by atoms with van der Waals surface area (Å²) >= 11 is 0. The van der Waals surface area contributed by atoms with E-state index >= 15 is 0 Å². The Bertz CT molecular complexity index is 545. The Morgan fingerprint density at radius 1 is 1.47 bits per heavy atom. The SMILES string of the molecule is Cc1n[nH]c(C)c1NC(=O)c1ccncc1F. The average Bonchev–Trinajstić information content (AvgIpc) is 2.61. The molecule has 0 unspecified atom stereocenters. The molecule has 2 heterocycles. The highest BCUT2D eigenvalue weighted by Gasteiger charge is 2.14. The molecular formula is C11H11FN4O. The van der Waals surface area contributed by atoms with Gasteiger partial charge in [0.05, 0.1) is 28.8 Å². The molecular weight excluding hydrogens is 223 g/mol. The number of nitrogens with zero attached hydrogens (tertiary/aromatic N) is 2. The lowest BCUT2D eigenvalue weighted by molar-refractivity contribution is 0.102. The zero-order valence-corrected chi connectivity index (χ0v) is 9.41. The Morgan fingerprint density at radius 2 is 2.24 bits per heavy atom. The highest BCUT2D eigenvalue weighted by molar-refractivity contribution is 6.04. The molecule has 0 radical (unpaired) electrons. The molecule has 0 aliphatic heterocycles. The topological polar surface area (TPSA) is 70.7 Å². The predicted octanol–water partition coefficient (Wildman–Crippen LogP) is 1.81. The van der Waals surface area contributed by atoms with Crippen molar-refractivity contribution in [1.82, 2.24) is 15.2 Å². The Hall–Kier alpha value is -2.24. The van der Waals surface area contributed by atoms with E-state index < -0.39 is 11.7 Å². The van der Waals surface area contributed by atoms with Crippen molar-refractivity contribution in [3.63, 3.8) is 0 Å². The number of aryl methyl sites for hydroxylation is 2. The van der Waals surface area contributed by atoms with Crippen molar-refractivity contribution >= 4 is 11.6 Å². The van der Waals surface area contributed by atoms with Crippen molar-refractivity contribution in [3.05, 3.63) is 41.2 Å². The van der Waals surface area contributed by atoms with E-state index in [1.165, 1.54) is 12.3 Å². The molecule has 5 nitrogen and oxygen atoms in total. The van der Waals surface area contributed by atoms with Gasteiger partial charge in [-0.15, -0.1) is 0 Å². The van der Waals surface area contributed by atoms with Gasteiger partial charge in [0.2, 0.25) is 0 Å². The smallest absolute Gasteiger partial charge is 0.258 e. The number of carbonyl (C=O) groups excluding carboxylic acids is 1. The quantitative estimate of drug-likeness (QED) is 0.832. The highest BCUT2D eigenvalue weighted by Crippen LogP contribution is 2.17. The number of aromatic nitrogens is 3. The van der Waals surface area contributed by atoms with E-state index in [2.05, 4.69) is 20.5 Å². The van der Waals surface area contributed by atoms with Crippen molar-refractivity contribution in [2.45, 2.75) is 13.8 Å². The normalized spacial score (nSPS) is 10.3. The summed E-state index contributed by atoms with van der Waals surface area (Å²) in [4.78, 5) is 15.4. The summed E-state index contributed by atoms with van der Waals surface area (Å²) < 4.78 is 13.3. The fourth-order valence-electron chi connectivity index (χ4n) is 1.48. The standard InChI is InChI=1S/C11H11FN4O/c1-6-10(7(2)16-15-6)14-11(17)8-3-4-13-5-9(8)12/h3-5H,1-2H3,(H,14,17)(H,15,16). The first-order chi connectivity index (χ1) is 8.09. The Labute approximate surface area is 97.1 Å². The van der Waals surface area contributed by atoms with Crippen LogP contribution in [0.25, 0.3) is 0 Å². The number of amides is 1. The van der Waals surface area contributed by atoms with Crippen LogP contribution in [-0.4, -0.2) is 21.1 Å². The first kappa shape index (κ1) is 11.3. The number of hydrogen-bond acceptors (Lipinski definition) is 3. The van der Waals surface area contributed by atoms with Crippen molar-refractivity contribution in [3.8, 4) is 0 Å². The summed E-state index contributed by atoms with van der Waals surface area (Å²) in [6.45, 7) is 3.53. The first-order valence-electron chi connectivity index (χ1n) is 5.02. The lowest BCUT2D eigenvalue weighted by Gasteiger charge is -2.05. The molecule has 2 rings (SSSR count). The fraction of sp³-hybridized carbons (Fsp3) is 0.182. The largest absolute Gasteiger partial charge is 0.319 e. The second-order valence-corrected chi connectivity index (χ2v) is 3.62. The minimum atomic E-state index is -0.649. The summed E-state index contributed by atoms with van der Waals surface area (Å²) in [5, 5.41) is 9.29. The molecule has 0 bridgehead atoms. The number of aromatic amines is 1. The zero-order chi connectivity index (χ0) is 12.4. The van der Waals surface area contributed by atoms with Crippen LogP contribution in [0.15, 0.2) is 18.5 Å². The van der Waals surface area contributed by atoms with Gasteiger partial charge >= 0.3 is 0 Å². The van der Waals surface area contributed by atoms with Crippen LogP contribution < -0.4 is 5.32 Å². The highest BCUT2D eigenvalue weighted by atomic mass is 19.1. The average molecular weight is 234 g/mol. The van der Waals surface area contributed by atoms with Gasteiger partial charge in [0.1, 0.15) is 0 Å². The number of halogens is 1. The molecule has 0 spiro atoms. The third-order valence-electron chi connectivity index (χ3n) is 2.38.